The lowest BCUT2D eigenvalue weighted by Crippen LogP contribution is -2.49. The van der Waals surface area contributed by atoms with Crippen molar-refractivity contribution in [3.63, 3.8) is 0 Å². The van der Waals surface area contributed by atoms with Gasteiger partial charge in [0.25, 0.3) is 0 Å². The lowest BCUT2D eigenvalue weighted by atomic mass is 10.2. The molecule has 0 saturated carbocycles. The van der Waals surface area contributed by atoms with E-state index in [0.717, 1.165) is 43.2 Å². The van der Waals surface area contributed by atoms with Gasteiger partial charge in [-0.2, -0.15) is 0 Å². The van der Waals surface area contributed by atoms with Gasteiger partial charge >= 0.3 is 0 Å². The van der Waals surface area contributed by atoms with Gasteiger partial charge in [-0.15, -0.1) is 0 Å². The number of anilines is 1. The van der Waals surface area contributed by atoms with E-state index in [2.05, 4.69) is 9.80 Å². The largest absolute Gasteiger partial charge is 0.506 e. The molecule has 6 heteroatoms. The summed E-state index contributed by atoms with van der Waals surface area (Å²) < 4.78 is 5.45. The van der Waals surface area contributed by atoms with Crippen molar-refractivity contribution >= 4 is 11.6 Å². The lowest BCUT2D eigenvalue weighted by molar-refractivity contribution is -0.131. The van der Waals surface area contributed by atoms with Gasteiger partial charge in [-0.3, -0.25) is 9.69 Å². The Morgan fingerprint density at radius 1 is 1.07 bits per heavy atom. The van der Waals surface area contributed by atoms with Crippen LogP contribution in [0.5, 0.6) is 11.5 Å². The van der Waals surface area contributed by atoms with Crippen LogP contribution in [0.4, 0.5) is 5.69 Å². The quantitative estimate of drug-likeness (QED) is 0.796. The van der Waals surface area contributed by atoms with Crippen LogP contribution in [0.1, 0.15) is 12.5 Å². The van der Waals surface area contributed by atoms with Crippen molar-refractivity contribution < 1.29 is 14.6 Å². The van der Waals surface area contributed by atoms with E-state index in [9.17, 15) is 9.90 Å². The monoisotopic (exact) mass is 383 g/mol. The molecule has 1 saturated heterocycles. The van der Waals surface area contributed by atoms with Gasteiger partial charge in [-0.05, 0) is 36.8 Å². The summed E-state index contributed by atoms with van der Waals surface area (Å²) in [6.45, 7) is 6.82. The molecule has 0 spiro atoms. The van der Waals surface area contributed by atoms with Crippen molar-refractivity contribution in [2.45, 2.75) is 13.5 Å². The Kier molecular flexibility index (Phi) is 6.76. The molecule has 2 aromatic carbocycles. The van der Waals surface area contributed by atoms with Crippen LogP contribution in [0, 0.1) is 0 Å². The lowest BCUT2D eigenvalue weighted by Gasteiger charge is -2.36. The van der Waals surface area contributed by atoms with Gasteiger partial charge < -0.3 is 19.6 Å². The van der Waals surface area contributed by atoms with Gasteiger partial charge in [-0.1, -0.05) is 24.3 Å². The molecule has 1 aliphatic heterocycles. The van der Waals surface area contributed by atoms with Crippen LogP contribution in [0.2, 0.25) is 0 Å². The smallest absolute Gasteiger partial charge is 0.236 e. The van der Waals surface area contributed by atoms with Crippen molar-refractivity contribution in [1.29, 1.82) is 0 Å². The topological polar surface area (TPSA) is 56.2 Å². The van der Waals surface area contributed by atoms with Crippen molar-refractivity contribution in [2.75, 3.05) is 51.3 Å². The van der Waals surface area contributed by atoms with E-state index in [1.807, 2.05) is 56.4 Å². The van der Waals surface area contributed by atoms with E-state index >= 15 is 0 Å². The Morgan fingerprint density at radius 3 is 2.39 bits per heavy atom. The molecule has 2 aromatic rings. The molecule has 0 unspecified atom stereocenters. The van der Waals surface area contributed by atoms with E-state index in [4.69, 9.17) is 4.74 Å². The highest BCUT2D eigenvalue weighted by Gasteiger charge is 2.22. The van der Waals surface area contributed by atoms with Crippen molar-refractivity contribution in [3.8, 4) is 11.5 Å². The normalized spacial score (nSPS) is 14.7. The zero-order valence-electron chi connectivity index (χ0n) is 16.7. The number of likely N-dealkylation sites (N-methyl/N-ethyl adjacent to an activating group) is 1. The molecular weight excluding hydrogens is 354 g/mol. The van der Waals surface area contributed by atoms with Crippen molar-refractivity contribution in [2.24, 2.45) is 0 Å². The minimum Gasteiger partial charge on any atom is -0.506 e. The third-order valence-corrected chi connectivity index (χ3v) is 5.03. The summed E-state index contributed by atoms with van der Waals surface area (Å²) >= 11 is 0. The van der Waals surface area contributed by atoms with Crippen LogP contribution in [-0.2, 0) is 11.3 Å². The standard InChI is InChI=1S/C22H29N3O3/c1-3-28-19-10-8-18(9-11-19)16-23(2)22(27)17-24-12-14-25(15-13-24)20-6-4-5-7-21(20)26/h4-11,26H,3,12-17H2,1-2H3. The second-order valence-electron chi connectivity index (χ2n) is 7.08. The first-order chi connectivity index (χ1) is 13.6. The number of aromatic hydroxyl groups is 1. The van der Waals surface area contributed by atoms with Crippen LogP contribution in [0.25, 0.3) is 0 Å². The third kappa shape index (κ3) is 5.16. The number of piperazine rings is 1. The number of carbonyl (C=O) groups is 1. The first kappa shape index (κ1) is 20.0. The molecule has 150 valence electrons. The number of amides is 1. The average molecular weight is 383 g/mol. The van der Waals surface area contributed by atoms with Gasteiger partial charge in [0, 0.05) is 39.8 Å². The minimum atomic E-state index is 0.116. The van der Waals surface area contributed by atoms with Crippen LogP contribution in [-0.4, -0.2) is 67.2 Å². The number of para-hydroxylation sites is 2. The van der Waals surface area contributed by atoms with Crippen LogP contribution in [0.3, 0.4) is 0 Å². The average Bonchev–Trinajstić information content (AvgIpc) is 2.71. The highest BCUT2D eigenvalue weighted by molar-refractivity contribution is 5.78. The van der Waals surface area contributed by atoms with E-state index in [-0.39, 0.29) is 5.91 Å². The Bertz CT molecular complexity index is 771. The van der Waals surface area contributed by atoms with Crippen molar-refractivity contribution in [3.05, 3.63) is 54.1 Å². The van der Waals surface area contributed by atoms with Crippen LogP contribution >= 0.6 is 0 Å². The summed E-state index contributed by atoms with van der Waals surface area (Å²) in [5.41, 5.74) is 1.95. The summed E-state index contributed by atoms with van der Waals surface area (Å²) in [5, 5.41) is 10.0. The molecule has 28 heavy (non-hydrogen) atoms. The predicted molar refractivity (Wildman–Crippen MR) is 111 cm³/mol. The number of benzene rings is 2. The second-order valence-corrected chi connectivity index (χ2v) is 7.08. The minimum absolute atomic E-state index is 0.116. The predicted octanol–water partition coefficient (Wildman–Crippen LogP) is 2.57. The molecule has 1 heterocycles. The number of hydrogen-bond donors (Lipinski definition) is 1. The summed E-state index contributed by atoms with van der Waals surface area (Å²) in [5.74, 6) is 1.27. The Morgan fingerprint density at radius 2 is 1.75 bits per heavy atom. The maximum Gasteiger partial charge on any atom is 0.236 e. The first-order valence-electron chi connectivity index (χ1n) is 9.78. The van der Waals surface area contributed by atoms with Gasteiger partial charge in [0.05, 0.1) is 18.8 Å². The van der Waals surface area contributed by atoms with E-state index < -0.39 is 0 Å². The third-order valence-electron chi connectivity index (χ3n) is 5.03. The number of phenols is 1. The Labute approximate surface area is 166 Å². The summed E-state index contributed by atoms with van der Waals surface area (Å²) in [7, 11) is 1.84. The molecule has 3 rings (SSSR count). The highest BCUT2D eigenvalue weighted by atomic mass is 16.5. The fourth-order valence-electron chi connectivity index (χ4n) is 3.41. The second kappa shape index (κ2) is 9.46. The fourth-order valence-corrected chi connectivity index (χ4v) is 3.41. The first-order valence-corrected chi connectivity index (χ1v) is 9.78. The molecule has 0 radical (unpaired) electrons. The van der Waals surface area contributed by atoms with E-state index in [1.54, 1.807) is 11.0 Å². The fraction of sp³-hybridized carbons (Fsp3) is 0.409. The maximum absolute atomic E-state index is 12.6. The van der Waals surface area contributed by atoms with Gasteiger partial charge in [0.15, 0.2) is 0 Å². The Balaban J connectivity index is 1.46. The number of carbonyl (C=O) groups excluding carboxylic acids is 1. The number of rotatable bonds is 7. The number of nitrogens with zero attached hydrogens (tertiary/aromatic N) is 3. The molecule has 1 fully saturated rings. The number of phenolic OH excluding ortho intramolecular Hbond substituents is 1. The zero-order chi connectivity index (χ0) is 19.9. The van der Waals surface area contributed by atoms with Gasteiger partial charge in [0.2, 0.25) is 5.91 Å². The molecule has 0 bridgehead atoms. The van der Waals surface area contributed by atoms with Crippen molar-refractivity contribution in [1.82, 2.24) is 9.80 Å². The molecule has 1 aliphatic rings. The summed E-state index contributed by atoms with van der Waals surface area (Å²) in [6, 6.07) is 15.3. The van der Waals surface area contributed by atoms with Gasteiger partial charge in [0.1, 0.15) is 11.5 Å². The van der Waals surface area contributed by atoms with E-state index in [0.29, 0.717) is 25.4 Å². The highest BCUT2D eigenvalue weighted by Crippen LogP contribution is 2.27. The molecule has 0 aromatic heterocycles. The molecule has 0 aliphatic carbocycles. The van der Waals surface area contributed by atoms with Crippen LogP contribution < -0.4 is 9.64 Å². The number of hydrogen-bond acceptors (Lipinski definition) is 5. The Hall–Kier alpha value is -2.73. The molecular formula is C22H29N3O3. The molecule has 6 nitrogen and oxygen atoms in total. The van der Waals surface area contributed by atoms with E-state index in [1.165, 1.54) is 0 Å². The maximum atomic E-state index is 12.6. The number of ether oxygens (including phenoxy) is 1. The molecule has 0 atom stereocenters. The van der Waals surface area contributed by atoms with Gasteiger partial charge in [-0.25, -0.2) is 0 Å². The zero-order valence-corrected chi connectivity index (χ0v) is 16.7. The molecule has 1 amide bonds. The molecule has 1 N–H and O–H groups in total. The SMILES string of the molecule is CCOc1ccc(CN(C)C(=O)CN2CCN(c3ccccc3O)CC2)cc1. The summed E-state index contributed by atoms with van der Waals surface area (Å²) in [6.07, 6.45) is 0. The van der Waals surface area contributed by atoms with Crippen LogP contribution in [0.15, 0.2) is 48.5 Å². The summed E-state index contributed by atoms with van der Waals surface area (Å²) in [4.78, 5) is 18.7.